The predicted octanol–water partition coefficient (Wildman–Crippen LogP) is 1.73. The smallest absolute Gasteiger partial charge is 0.165 e. The van der Waals surface area contributed by atoms with Crippen molar-refractivity contribution in [2.45, 2.75) is 26.4 Å². The third-order valence-corrected chi connectivity index (χ3v) is 3.01. The zero-order valence-corrected chi connectivity index (χ0v) is 12.4. The molecule has 21 heavy (non-hydrogen) atoms. The Morgan fingerprint density at radius 2 is 2.05 bits per heavy atom. The molecule has 0 unspecified atom stereocenters. The third-order valence-electron chi connectivity index (χ3n) is 3.01. The standard InChI is InChI=1S/C14H20FN5O/c1-3-8-20-14(16-17-18-20)11-19(2)9-10-21-13-6-4-12(15)5-7-13/h4-7H,3,8-11H2,1-2H3. The fraction of sp³-hybridized carbons (Fsp3) is 0.500. The van der Waals surface area contributed by atoms with Crippen LogP contribution in [0.15, 0.2) is 24.3 Å². The van der Waals surface area contributed by atoms with E-state index in [4.69, 9.17) is 4.74 Å². The molecule has 0 fully saturated rings. The van der Waals surface area contributed by atoms with E-state index in [9.17, 15) is 4.39 Å². The lowest BCUT2D eigenvalue weighted by Gasteiger charge is -2.16. The van der Waals surface area contributed by atoms with E-state index < -0.39 is 0 Å². The summed E-state index contributed by atoms with van der Waals surface area (Å²) in [5.74, 6) is 1.25. The molecule has 0 N–H and O–H groups in total. The molecule has 0 aliphatic carbocycles. The zero-order chi connectivity index (χ0) is 15.1. The van der Waals surface area contributed by atoms with Crippen molar-refractivity contribution in [3.63, 3.8) is 0 Å². The number of ether oxygens (including phenoxy) is 1. The van der Waals surface area contributed by atoms with Gasteiger partial charge >= 0.3 is 0 Å². The van der Waals surface area contributed by atoms with Crippen LogP contribution < -0.4 is 4.74 Å². The molecule has 2 aromatic rings. The molecule has 0 aliphatic heterocycles. The molecule has 114 valence electrons. The van der Waals surface area contributed by atoms with E-state index in [2.05, 4.69) is 27.3 Å². The number of likely N-dealkylation sites (N-methyl/N-ethyl adjacent to an activating group) is 1. The first-order valence-electron chi connectivity index (χ1n) is 7.01. The van der Waals surface area contributed by atoms with Crippen molar-refractivity contribution in [3.05, 3.63) is 35.9 Å². The summed E-state index contributed by atoms with van der Waals surface area (Å²) in [6.45, 7) is 4.83. The van der Waals surface area contributed by atoms with Crippen molar-refractivity contribution in [1.29, 1.82) is 0 Å². The molecular formula is C14H20FN5O. The van der Waals surface area contributed by atoms with Crippen LogP contribution in [0, 0.1) is 5.82 Å². The molecule has 6 nitrogen and oxygen atoms in total. The minimum Gasteiger partial charge on any atom is -0.492 e. The van der Waals surface area contributed by atoms with Gasteiger partial charge < -0.3 is 4.74 Å². The summed E-state index contributed by atoms with van der Waals surface area (Å²) in [7, 11) is 1.99. The molecule has 0 saturated heterocycles. The lowest BCUT2D eigenvalue weighted by molar-refractivity contribution is 0.227. The Hall–Kier alpha value is -2.02. The molecule has 1 aromatic heterocycles. The van der Waals surface area contributed by atoms with Gasteiger partial charge in [0.1, 0.15) is 18.2 Å². The number of hydrogen-bond acceptors (Lipinski definition) is 5. The normalized spacial score (nSPS) is 11.0. The molecule has 1 aromatic carbocycles. The monoisotopic (exact) mass is 293 g/mol. The van der Waals surface area contributed by atoms with Gasteiger partial charge in [0.25, 0.3) is 0 Å². The van der Waals surface area contributed by atoms with E-state index in [0.717, 1.165) is 25.3 Å². The van der Waals surface area contributed by atoms with Gasteiger partial charge in [-0.3, -0.25) is 4.90 Å². The molecule has 7 heteroatoms. The molecule has 0 atom stereocenters. The summed E-state index contributed by atoms with van der Waals surface area (Å²) in [5.41, 5.74) is 0. The second kappa shape index (κ2) is 7.68. The third kappa shape index (κ3) is 4.78. The number of aromatic nitrogens is 4. The Bertz CT molecular complexity index is 543. The minimum atomic E-state index is -0.262. The highest BCUT2D eigenvalue weighted by molar-refractivity contribution is 5.21. The van der Waals surface area contributed by atoms with Crippen LogP contribution >= 0.6 is 0 Å². The number of halogens is 1. The van der Waals surface area contributed by atoms with E-state index in [1.54, 1.807) is 12.1 Å². The lowest BCUT2D eigenvalue weighted by atomic mass is 10.3. The van der Waals surface area contributed by atoms with Crippen molar-refractivity contribution < 1.29 is 9.13 Å². The number of rotatable bonds is 8. The van der Waals surface area contributed by atoms with E-state index >= 15 is 0 Å². The largest absolute Gasteiger partial charge is 0.492 e. The summed E-state index contributed by atoms with van der Waals surface area (Å²) in [6.07, 6.45) is 0.995. The number of hydrogen-bond donors (Lipinski definition) is 0. The van der Waals surface area contributed by atoms with Crippen molar-refractivity contribution in [2.24, 2.45) is 0 Å². The average Bonchev–Trinajstić information content (AvgIpc) is 2.89. The van der Waals surface area contributed by atoms with Gasteiger partial charge in [-0.25, -0.2) is 9.07 Å². The number of aryl methyl sites for hydroxylation is 1. The molecular weight excluding hydrogens is 273 g/mol. The number of nitrogens with zero attached hydrogens (tertiary/aromatic N) is 5. The van der Waals surface area contributed by atoms with Gasteiger partial charge in [0.05, 0.1) is 6.54 Å². The highest BCUT2D eigenvalue weighted by Gasteiger charge is 2.08. The number of benzene rings is 1. The topological polar surface area (TPSA) is 56.1 Å². The molecule has 1 heterocycles. The van der Waals surface area contributed by atoms with Crippen molar-refractivity contribution >= 4 is 0 Å². The fourth-order valence-electron chi connectivity index (χ4n) is 1.89. The average molecular weight is 293 g/mol. The summed E-state index contributed by atoms with van der Waals surface area (Å²) < 4.78 is 20.1. The first kappa shape index (κ1) is 15.4. The first-order chi connectivity index (χ1) is 10.2. The lowest BCUT2D eigenvalue weighted by Crippen LogP contribution is -2.25. The van der Waals surface area contributed by atoms with Crippen LogP contribution in [0.1, 0.15) is 19.2 Å². The molecule has 2 rings (SSSR count). The van der Waals surface area contributed by atoms with Gasteiger partial charge in [-0.1, -0.05) is 6.92 Å². The van der Waals surface area contributed by atoms with E-state index in [-0.39, 0.29) is 5.82 Å². The quantitative estimate of drug-likeness (QED) is 0.742. The molecule has 0 saturated carbocycles. The summed E-state index contributed by atoms with van der Waals surface area (Å²) in [5, 5.41) is 11.7. The van der Waals surface area contributed by atoms with Gasteiger partial charge in [0.2, 0.25) is 0 Å². The molecule has 0 aliphatic rings. The fourth-order valence-corrected chi connectivity index (χ4v) is 1.89. The van der Waals surface area contributed by atoms with E-state index in [0.29, 0.717) is 18.9 Å². The minimum absolute atomic E-state index is 0.262. The summed E-state index contributed by atoms with van der Waals surface area (Å²) in [6, 6.07) is 6.02. The Morgan fingerprint density at radius 1 is 1.29 bits per heavy atom. The maximum atomic E-state index is 12.8. The van der Waals surface area contributed by atoms with Crippen molar-refractivity contribution in [3.8, 4) is 5.75 Å². The van der Waals surface area contributed by atoms with Crippen LogP contribution in [0.3, 0.4) is 0 Å². The summed E-state index contributed by atoms with van der Waals surface area (Å²) in [4.78, 5) is 2.08. The second-order valence-corrected chi connectivity index (χ2v) is 4.86. The van der Waals surface area contributed by atoms with Crippen molar-refractivity contribution in [1.82, 2.24) is 25.1 Å². The van der Waals surface area contributed by atoms with E-state index in [1.165, 1.54) is 12.1 Å². The van der Waals surface area contributed by atoms with Crippen LogP contribution in [0.2, 0.25) is 0 Å². The SMILES string of the molecule is CCCn1nnnc1CN(C)CCOc1ccc(F)cc1. The van der Waals surface area contributed by atoms with Crippen LogP contribution in [-0.2, 0) is 13.1 Å². The van der Waals surface area contributed by atoms with Crippen molar-refractivity contribution in [2.75, 3.05) is 20.2 Å². The Kier molecular flexibility index (Phi) is 5.62. The molecule has 0 spiro atoms. The van der Waals surface area contributed by atoms with E-state index in [1.807, 2.05) is 11.7 Å². The molecule has 0 bridgehead atoms. The maximum Gasteiger partial charge on any atom is 0.165 e. The van der Waals surface area contributed by atoms with Gasteiger partial charge in [-0.2, -0.15) is 0 Å². The maximum absolute atomic E-state index is 12.8. The molecule has 0 amide bonds. The summed E-state index contributed by atoms with van der Waals surface area (Å²) >= 11 is 0. The van der Waals surface area contributed by atoms with Gasteiger partial charge in [0, 0.05) is 13.1 Å². The molecule has 0 radical (unpaired) electrons. The Balaban J connectivity index is 1.75. The first-order valence-corrected chi connectivity index (χ1v) is 7.01. The predicted molar refractivity (Wildman–Crippen MR) is 76.3 cm³/mol. The van der Waals surface area contributed by atoms with Gasteiger partial charge in [0.15, 0.2) is 5.82 Å². The Labute approximate surface area is 123 Å². The highest BCUT2D eigenvalue weighted by atomic mass is 19.1. The van der Waals surface area contributed by atoms with Gasteiger partial charge in [-0.05, 0) is 48.2 Å². The second-order valence-electron chi connectivity index (χ2n) is 4.86. The van der Waals surface area contributed by atoms with Gasteiger partial charge in [-0.15, -0.1) is 5.10 Å². The Morgan fingerprint density at radius 3 is 2.76 bits per heavy atom. The zero-order valence-electron chi connectivity index (χ0n) is 12.4. The van der Waals surface area contributed by atoms with Crippen LogP contribution in [0.4, 0.5) is 4.39 Å². The highest BCUT2D eigenvalue weighted by Crippen LogP contribution is 2.10. The van der Waals surface area contributed by atoms with Crippen LogP contribution in [0.25, 0.3) is 0 Å². The van der Waals surface area contributed by atoms with Crippen LogP contribution in [-0.4, -0.2) is 45.3 Å². The van der Waals surface area contributed by atoms with Crippen LogP contribution in [0.5, 0.6) is 5.75 Å². The number of tetrazole rings is 1.